The van der Waals surface area contributed by atoms with E-state index in [1.807, 2.05) is 65.3 Å². The topological polar surface area (TPSA) is 77.8 Å². The normalized spacial score (nSPS) is 14.6. The van der Waals surface area contributed by atoms with E-state index in [1.165, 1.54) is 11.1 Å². The van der Waals surface area contributed by atoms with Crippen LogP contribution in [0, 0.1) is 0 Å². The third-order valence-corrected chi connectivity index (χ3v) is 8.02. The van der Waals surface area contributed by atoms with Gasteiger partial charge in [0.15, 0.2) is 11.5 Å². The van der Waals surface area contributed by atoms with Crippen LogP contribution < -0.4 is 10.6 Å². The molecule has 0 atom stereocenters. The smallest absolute Gasteiger partial charge is 0.255 e. The third-order valence-electron chi connectivity index (χ3n) is 8.02. The zero-order valence-electron chi connectivity index (χ0n) is 25.3. The molecule has 3 aromatic carbocycles. The maximum atomic E-state index is 13.0. The number of carbonyl (C=O) groups excluding carboxylic acids is 1. The predicted octanol–water partition coefficient (Wildman–Crippen LogP) is 6.44. The Labute approximate surface area is 253 Å². The molecular formula is C35H39N7O. The Morgan fingerprint density at radius 2 is 1.65 bits per heavy atom. The molecule has 5 aromatic rings. The zero-order chi connectivity index (χ0) is 30.0. The fourth-order valence-corrected chi connectivity index (χ4v) is 5.33. The van der Waals surface area contributed by atoms with Crippen LogP contribution in [-0.2, 0) is 12.0 Å². The van der Waals surface area contributed by atoms with Crippen LogP contribution in [0.4, 0.5) is 17.2 Å². The molecule has 8 nitrogen and oxygen atoms in total. The minimum absolute atomic E-state index is 0.0361. The molecule has 43 heavy (non-hydrogen) atoms. The van der Waals surface area contributed by atoms with Crippen LogP contribution in [-0.4, -0.2) is 63.3 Å². The number of hydrogen-bond donors (Lipinski definition) is 2. The van der Waals surface area contributed by atoms with E-state index < -0.39 is 0 Å². The average Bonchev–Trinajstić information content (AvgIpc) is 3.48. The maximum Gasteiger partial charge on any atom is 0.255 e. The summed E-state index contributed by atoms with van der Waals surface area (Å²) in [6, 6.07) is 24.1. The van der Waals surface area contributed by atoms with Gasteiger partial charge in [-0.3, -0.25) is 9.69 Å². The predicted molar refractivity (Wildman–Crippen MR) is 174 cm³/mol. The second-order valence-electron chi connectivity index (χ2n) is 12.4. The van der Waals surface area contributed by atoms with Crippen molar-refractivity contribution in [2.24, 2.45) is 0 Å². The molecule has 220 valence electrons. The minimum atomic E-state index is -0.144. The van der Waals surface area contributed by atoms with E-state index in [1.54, 1.807) is 6.20 Å². The third kappa shape index (κ3) is 6.77. The number of likely N-dealkylation sites (N-methyl/N-ethyl adjacent to an activating group) is 1. The molecule has 0 spiro atoms. The van der Waals surface area contributed by atoms with Crippen molar-refractivity contribution in [1.82, 2.24) is 24.2 Å². The highest BCUT2D eigenvalue weighted by molar-refractivity contribution is 6.04. The van der Waals surface area contributed by atoms with Crippen LogP contribution in [0.2, 0.25) is 0 Å². The number of benzene rings is 3. The van der Waals surface area contributed by atoms with E-state index in [2.05, 4.69) is 77.5 Å². The van der Waals surface area contributed by atoms with Crippen molar-refractivity contribution in [2.45, 2.75) is 32.7 Å². The van der Waals surface area contributed by atoms with Crippen LogP contribution in [0.25, 0.3) is 16.9 Å². The minimum Gasteiger partial charge on any atom is -0.337 e. The average molecular weight is 574 g/mol. The van der Waals surface area contributed by atoms with Crippen molar-refractivity contribution < 1.29 is 4.79 Å². The molecule has 3 heterocycles. The highest BCUT2D eigenvalue weighted by Crippen LogP contribution is 2.27. The summed E-state index contributed by atoms with van der Waals surface area (Å²) in [5.41, 5.74) is 7.22. The summed E-state index contributed by atoms with van der Waals surface area (Å²) in [6.45, 7) is 11.9. The van der Waals surface area contributed by atoms with Gasteiger partial charge in [0, 0.05) is 73.8 Å². The largest absolute Gasteiger partial charge is 0.337 e. The molecule has 0 bridgehead atoms. The molecule has 1 aliphatic heterocycles. The van der Waals surface area contributed by atoms with Gasteiger partial charge in [0.2, 0.25) is 0 Å². The van der Waals surface area contributed by atoms with E-state index in [0.717, 1.165) is 55.3 Å². The summed E-state index contributed by atoms with van der Waals surface area (Å²) in [6.07, 6.45) is 5.64. The fraction of sp³-hybridized carbons (Fsp3) is 0.286. The second-order valence-corrected chi connectivity index (χ2v) is 12.4. The number of aromatic nitrogens is 3. The summed E-state index contributed by atoms with van der Waals surface area (Å²) < 4.78 is 1.97. The van der Waals surface area contributed by atoms with Gasteiger partial charge in [-0.1, -0.05) is 57.2 Å². The van der Waals surface area contributed by atoms with Crippen LogP contribution in [0.5, 0.6) is 0 Å². The van der Waals surface area contributed by atoms with E-state index >= 15 is 0 Å². The van der Waals surface area contributed by atoms with E-state index in [-0.39, 0.29) is 11.3 Å². The first-order valence-electron chi connectivity index (χ1n) is 14.8. The molecule has 0 saturated carbocycles. The summed E-state index contributed by atoms with van der Waals surface area (Å²) >= 11 is 0. The second kappa shape index (κ2) is 12.0. The Morgan fingerprint density at radius 3 is 2.37 bits per heavy atom. The summed E-state index contributed by atoms with van der Waals surface area (Å²) in [7, 11) is 2.18. The molecule has 0 radical (unpaired) electrons. The van der Waals surface area contributed by atoms with Gasteiger partial charge < -0.3 is 19.9 Å². The van der Waals surface area contributed by atoms with E-state index in [0.29, 0.717) is 17.1 Å². The van der Waals surface area contributed by atoms with Crippen LogP contribution in [0.1, 0.15) is 42.3 Å². The van der Waals surface area contributed by atoms with Crippen molar-refractivity contribution in [2.75, 3.05) is 43.9 Å². The molecule has 1 saturated heterocycles. The van der Waals surface area contributed by atoms with Crippen LogP contribution >= 0.6 is 0 Å². The van der Waals surface area contributed by atoms with Crippen molar-refractivity contribution in [3.63, 3.8) is 0 Å². The van der Waals surface area contributed by atoms with Gasteiger partial charge >= 0.3 is 0 Å². The number of nitrogens with zero attached hydrogens (tertiary/aromatic N) is 5. The lowest BCUT2D eigenvalue weighted by Gasteiger charge is -2.32. The number of imidazole rings is 1. The number of anilines is 3. The van der Waals surface area contributed by atoms with E-state index in [9.17, 15) is 4.79 Å². The molecule has 6 rings (SSSR count). The van der Waals surface area contributed by atoms with Gasteiger partial charge in [-0.2, -0.15) is 0 Å². The quantitative estimate of drug-likeness (QED) is 0.233. The Bertz CT molecular complexity index is 1710. The van der Waals surface area contributed by atoms with Crippen LogP contribution in [0.3, 0.4) is 0 Å². The lowest BCUT2D eigenvalue weighted by molar-refractivity contribution is 0.102. The number of nitrogens with one attached hydrogen (secondary N) is 2. The molecular weight excluding hydrogens is 534 g/mol. The number of carbonyl (C=O) groups is 1. The van der Waals surface area contributed by atoms with Crippen molar-refractivity contribution in [3.8, 4) is 11.3 Å². The Hall–Kier alpha value is -4.53. The lowest BCUT2D eigenvalue weighted by Crippen LogP contribution is -2.43. The molecule has 1 aliphatic rings. The number of rotatable bonds is 7. The lowest BCUT2D eigenvalue weighted by atomic mass is 9.87. The van der Waals surface area contributed by atoms with E-state index in [4.69, 9.17) is 4.98 Å². The van der Waals surface area contributed by atoms with Crippen molar-refractivity contribution in [3.05, 3.63) is 108 Å². The van der Waals surface area contributed by atoms with Gasteiger partial charge in [0.05, 0.1) is 5.69 Å². The number of amides is 1. The molecule has 2 N–H and O–H groups in total. The SMILES string of the molecule is CN1CCN(Cc2ccc(Nc3nc(-c4cccc(NC(=O)c5ccc(C(C)(C)C)cc5)c4)cn4ccnc34)cc2)CC1. The monoisotopic (exact) mass is 573 g/mol. The van der Waals surface area contributed by atoms with Crippen molar-refractivity contribution >= 4 is 28.7 Å². The zero-order valence-corrected chi connectivity index (χ0v) is 25.3. The number of piperazine rings is 1. The molecule has 1 amide bonds. The molecule has 0 aliphatic carbocycles. The first kappa shape index (κ1) is 28.6. The maximum absolute atomic E-state index is 13.0. The molecule has 0 unspecified atom stereocenters. The van der Waals surface area contributed by atoms with Gasteiger partial charge in [-0.25, -0.2) is 9.97 Å². The standard InChI is InChI=1S/C35H39N7O/c1-35(2,3)28-12-10-26(11-13-28)34(43)38-30-7-5-6-27(22-30)31-24-42-17-16-36-33(42)32(39-31)37-29-14-8-25(9-15-29)23-41-20-18-40(4)19-21-41/h5-17,22,24H,18-21,23H2,1-4H3,(H,37,39)(H,38,43). The Morgan fingerprint density at radius 1 is 0.907 bits per heavy atom. The Balaban J connectivity index is 1.18. The van der Waals surface area contributed by atoms with Gasteiger partial charge in [-0.15, -0.1) is 0 Å². The summed E-state index contributed by atoms with van der Waals surface area (Å²) in [5, 5.41) is 6.52. The highest BCUT2D eigenvalue weighted by atomic mass is 16.1. The summed E-state index contributed by atoms with van der Waals surface area (Å²) in [4.78, 5) is 27.4. The Kier molecular flexibility index (Phi) is 7.97. The first-order chi connectivity index (χ1) is 20.7. The first-order valence-corrected chi connectivity index (χ1v) is 14.8. The highest BCUT2D eigenvalue weighted by Gasteiger charge is 2.16. The number of hydrogen-bond acceptors (Lipinski definition) is 6. The number of fused-ring (bicyclic) bond motifs is 1. The van der Waals surface area contributed by atoms with Gasteiger partial charge in [0.25, 0.3) is 5.91 Å². The molecule has 2 aromatic heterocycles. The van der Waals surface area contributed by atoms with Gasteiger partial charge in [0.1, 0.15) is 0 Å². The van der Waals surface area contributed by atoms with Crippen LogP contribution in [0.15, 0.2) is 91.4 Å². The molecule has 1 fully saturated rings. The van der Waals surface area contributed by atoms with Gasteiger partial charge in [-0.05, 0) is 60.0 Å². The fourth-order valence-electron chi connectivity index (χ4n) is 5.33. The molecule has 8 heteroatoms. The van der Waals surface area contributed by atoms with Crippen molar-refractivity contribution in [1.29, 1.82) is 0 Å². The summed E-state index contributed by atoms with van der Waals surface area (Å²) in [5.74, 6) is 0.525.